The largest absolute Gasteiger partial charge is 0.478 e. The molecule has 0 unspecified atom stereocenters. The summed E-state index contributed by atoms with van der Waals surface area (Å²) in [5.41, 5.74) is 1.44. The molecule has 0 radical (unpaired) electrons. The zero-order valence-electron chi connectivity index (χ0n) is 11.8. The summed E-state index contributed by atoms with van der Waals surface area (Å²) in [6.07, 6.45) is 3.00. The number of nitrogens with zero attached hydrogens (tertiary/aromatic N) is 4. The first-order valence-electron chi connectivity index (χ1n) is 6.47. The van der Waals surface area contributed by atoms with Crippen LogP contribution in [0.2, 0.25) is 5.15 Å². The molecular formula is C14H10ClN5O3. The number of carboxylic acid groups (broad SMARTS) is 1. The van der Waals surface area contributed by atoms with Crippen LogP contribution in [-0.2, 0) is 4.79 Å². The van der Waals surface area contributed by atoms with Crippen LogP contribution in [0.3, 0.4) is 0 Å². The van der Waals surface area contributed by atoms with E-state index < -0.39 is 5.97 Å². The van der Waals surface area contributed by atoms with E-state index in [1.54, 1.807) is 18.3 Å². The number of amides is 1. The number of hydrogen-bond acceptors (Lipinski definition) is 5. The van der Waals surface area contributed by atoms with Crippen molar-refractivity contribution in [3.05, 3.63) is 41.3 Å². The van der Waals surface area contributed by atoms with Gasteiger partial charge in [-0.3, -0.25) is 4.79 Å². The number of nitrogens with one attached hydrogen (secondary N) is 1. The predicted molar refractivity (Wildman–Crippen MR) is 82.5 cm³/mol. The van der Waals surface area contributed by atoms with E-state index >= 15 is 0 Å². The van der Waals surface area contributed by atoms with E-state index in [0.29, 0.717) is 22.7 Å². The zero-order valence-corrected chi connectivity index (χ0v) is 12.6. The average Bonchev–Trinajstić information content (AvgIpc) is 2.87. The maximum atomic E-state index is 11.1. The molecule has 3 aromatic rings. The van der Waals surface area contributed by atoms with Crippen molar-refractivity contribution in [3.63, 3.8) is 0 Å². The number of pyridine rings is 1. The Morgan fingerprint density at radius 1 is 1.35 bits per heavy atom. The third-order valence-corrected chi connectivity index (χ3v) is 3.29. The molecular weight excluding hydrogens is 322 g/mol. The molecule has 3 aromatic heterocycles. The van der Waals surface area contributed by atoms with Gasteiger partial charge in [0.15, 0.2) is 11.5 Å². The number of hydrogen-bond donors (Lipinski definition) is 2. The fourth-order valence-corrected chi connectivity index (χ4v) is 2.20. The molecule has 0 aromatic carbocycles. The lowest BCUT2D eigenvalue weighted by Crippen LogP contribution is -2.05. The monoisotopic (exact) mass is 331 g/mol. The SMILES string of the molecule is CC(=O)Nc1cn2nc(-c3cnc(Cl)c(C(=O)O)c3)ccc2n1. The minimum atomic E-state index is -1.17. The minimum absolute atomic E-state index is 0.0853. The summed E-state index contributed by atoms with van der Waals surface area (Å²) in [5.74, 6) is -1.02. The molecule has 3 heterocycles. The Bertz CT molecular complexity index is 937. The topological polar surface area (TPSA) is 109 Å². The molecule has 23 heavy (non-hydrogen) atoms. The first-order valence-corrected chi connectivity index (χ1v) is 6.85. The Hall–Kier alpha value is -3.00. The fraction of sp³-hybridized carbons (Fsp3) is 0.0714. The molecule has 0 spiro atoms. The maximum Gasteiger partial charge on any atom is 0.338 e. The molecule has 0 fully saturated rings. The van der Waals surface area contributed by atoms with E-state index in [-0.39, 0.29) is 16.6 Å². The van der Waals surface area contributed by atoms with Crippen molar-refractivity contribution < 1.29 is 14.7 Å². The number of aromatic nitrogens is 4. The highest BCUT2D eigenvalue weighted by molar-refractivity contribution is 6.32. The second kappa shape index (κ2) is 5.65. The van der Waals surface area contributed by atoms with Crippen LogP contribution in [0.1, 0.15) is 17.3 Å². The molecule has 9 heteroatoms. The number of carbonyl (C=O) groups excluding carboxylic acids is 1. The predicted octanol–water partition coefficient (Wildman–Crippen LogP) is 2.10. The van der Waals surface area contributed by atoms with Gasteiger partial charge < -0.3 is 10.4 Å². The first kappa shape index (κ1) is 14.9. The Labute approximate surface area is 134 Å². The lowest BCUT2D eigenvalue weighted by atomic mass is 10.1. The summed E-state index contributed by atoms with van der Waals surface area (Å²) >= 11 is 5.76. The highest BCUT2D eigenvalue weighted by Crippen LogP contribution is 2.22. The van der Waals surface area contributed by atoms with Crippen LogP contribution in [0, 0.1) is 0 Å². The van der Waals surface area contributed by atoms with Crippen molar-refractivity contribution in [2.75, 3.05) is 5.32 Å². The van der Waals surface area contributed by atoms with Gasteiger partial charge in [-0.2, -0.15) is 5.10 Å². The van der Waals surface area contributed by atoms with Gasteiger partial charge in [0.25, 0.3) is 0 Å². The van der Waals surface area contributed by atoms with Gasteiger partial charge in [0.1, 0.15) is 5.15 Å². The highest BCUT2D eigenvalue weighted by atomic mass is 35.5. The number of rotatable bonds is 3. The molecule has 0 saturated carbocycles. The first-order chi connectivity index (χ1) is 10.9. The Kier molecular flexibility index (Phi) is 3.67. The number of carboxylic acids is 1. The smallest absolute Gasteiger partial charge is 0.338 e. The van der Waals surface area contributed by atoms with Crippen LogP contribution in [0.5, 0.6) is 0 Å². The van der Waals surface area contributed by atoms with Crippen molar-refractivity contribution >= 4 is 34.9 Å². The third kappa shape index (κ3) is 2.97. The van der Waals surface area contributed by atoms with E-state index in [1.807, 2.05) is 0 Å². The minimum Gasteiger partial charge on any atom is -0.478 e. The lowest BCUT2D eigenvalue weighted by Gasteiger charge is -2.03. The molecule has 0 saturated heterocycles. The zero-order chi connectivity index (χ0) is 16.6. The third-order valence-electron chi connectivity index (χ3n) is 2.99. The molecule has 0 aliphatic rings. The van der Waals surface area contributed by atoms with Crippen LogP contribution < -0.4 is 5.32 Å². The Morgan fingerprint density at radius 2 is 2.13 bits per heavy atom. The van der Waals surface area contributed by atoms with Gasteiger partial charge in [-0.05, 0) is 18.2 Å². The van der Waals surface area contributed by atoms with Gasteiger partial charge >= 0.3 is 5.97 Å². The number of halogens is 1. The van der Waals surface area contributed by atoms with Crippen LogP contribution >= 0.6 is 11.6 Å². The Balaban J connectivity index is 2.05. The molecule has 3 rings (SSSR count). The number of fused-ring (bicyclic) bond motifs is 1. The average molecular weight is 332 g/mol. The maximum absolute atomic E-state index is 11.1. The van der Waals surface area contributed by atoms with Crippen molar-refractivity contribution in [1.29, 1.82) is 0 Å². The second-order valence-corrected chi connectivity index (χ2v) is 5.05. The van der Waals surface area contributed by atoms with Crippen LogP contribution in [0.15, 0.2) is 30.6 Å². The second-order valence-electron chi connectivity index (χ2n) is 4.70. The summed E-state index contributed by atoms with van der Waals surface area (Å²) < 4.78 is 1.48. The van der Waals surface area contributed by atoms with Crippen molar-refractivity contribution in [2.45, 2.75) is 6.92 Å². The summed E-state index contributed by atoms with van der Waals surface area (Å²) in [6.45, 7) is 1.38. The van der Waals surface area contributed by atoms with Crippen LogP contribution in [0.25, 0.3) is 16.9 Å². The van der Waals surface area contributed by atoms with Gasteiger partial charge in [-0.25, -0.2) is 19.3 Å². The molecule has 0 atom stereocenters. The number of imidazole rings is 1. The quantitative estimate of drug-likeness (QED) is 0.711. The number of carbonyl (C=O) groups is 2. The standard InChI is InChI=1S/C14H10ClN5O3/c1-7(21)17-11-6-20-12(18-11)3-2-10(19-20)8-4-9(14(22)23)13(15)16-5-8/h2-6H,1H3,(H,17,21)(H,22,23). The molecule has 0 aliphatic carbocycles. The van der Waals surface area contributed by atoms with Crippen molar-refractivity contribution in [2.24, 2.45) is 0 Å². The van der Waals surface area contributed by atoms with Gasteiger partial charge in [-0.1, -0.05) is 11.6 Å². The lowest BCUT2D eigenvalue weighted by molar-refractivity contribution is -0.114. The normalized spacial score (nSPS) is 10.7. The fourth-order valence-electron chi connectivity index (χ4n) is 2.01. The van der Waals surface area contributed by atoms with Gasteiger partial charge in [0.05, 0.1) is 17.5 Å². The summed E-state index contributed by atoms with van der Waals surface area (Å²) in [4.78, 5) is 30.2. The van der Waals surface area contributed by atoms with Gasteiger partial charge in [0, 0.05) is 18.7 Å². The van der Waals surface area contributed by atoms with E-state index in [1.165, 1.54) is 23.7 Å². The van der Waals surface area contributed by atoms with E-state index in [0.717, 1.165) is 0 Å². The van der Waals surface area contributed by atoms with Crippen molar-refractivity contribution in [3.8, 4) is 11.3 Å². The van der Waals surface area contributed by atoms with Crippen molar-refractivity contribution in [1.82, 2.24) is 19.6 Å². The van der Waals surface area contributed by atoms with Gasteiger partial charge in [-0.15, -0.1) is 0 Å². The van der Waals surface area contributed by atoms with Crippen LogP contribution in [-0.4, -0.2) is 36.6 Å². The molecule has 8 nitrogen and oxygen atoms in total. The highest BCUT2D eigenvalue weighted by Gasteiger charge is 2.13. The van der Waals surface area contributed by atoms with E-state index in [2.05, 4.69) is 20.4 Å². The van der Waals surface area contributed by atoms with Gasteiger partial charge in [0.2, 0.25) is 5.91 Å². The molecule has 2 N–H and O–H groups in total. The van der Waals surface area contributed by atoms with Crippen LogP contribution in [0.4, 0.5) is 5.82 Å². The summed E-state index contributed by atoms with van der Waals surface area (Å²) in [5, 5.41) is 15.9. The molecule has 0 aliphatic heterocycles. The summed E-state index contributed by atoms with van der Waals surface area (Å²) in [6, 6.07) is 4.77. The number of anilines is 1. The van der Waals surface area contributed by atoms with E-state index in [4.69, 9.17) is 16.7 Å². The molecule has 116 valence electrons. The van der Waals surface area contributed by atoms with E-state index in [9.17, 15) is 9.59 Å². The summed E-state index contributed by atoms with van der Waals surface area (Å²) in [7, 11) is 0. The Morgan fingerprint density at radius 3 is 2.83 bits per heavy atom. The molecule has 0 bridgehead atoms. The molecule has 1 amide bonds. The number of aromatic carboxylic acids is 1.